The number of unbranched alkanes of at least 4 members (excludes halogenated alkanes) is 7. The second kappa shape index (κ2) is 9.98. The van der Waals surface area contributed by atoms with Gasteiger partial charge in [0.1, 0.15) is 0 Å². The number of halogens is 1. The highest BCUT2D eigenvalue weighted by Crippen LogP contribution is 2.22. The Morgan fingerprint density at radius 1 is 1.05 bits per heavy atom. The Labute approximate surface area is 131 Å². The molecular formula is C17H26BrNO. The number of nitrogens with two attached hydrogens (primary N) is 1. The van der Waals surface area contributed by atoms with Crippen molar-refractivity contribution in [3.8, 4) is 0 Å². The number of hydrogen-bond acceptors (Lipinski definition) is 2. The highest BCUT2D eigenvalue weighted by Gasteiger charge is 2.09. The molecule has 0 unspecified atom stereocenters. The number of anilines is 1. The van der Waals surface area contributed by atoms with Crippen LogP contribution in [0.25, 0.3) is 0 Å². The summed E-state index contributed by atoms with van der Waals surface area (Å²) in [6.07, 6.45) is 10.6. The molecule has 2 nitrogen and oxygen atoms in total. The molecule has 0 aromatic heterocycles. The van der Waals surface area contributed by atoms with E-state index in [0.29, 0.717) is 17.7 Å². The molecule has 2 N–H and O–H groups in total. The molecule has 0 radical (unpaired) electrons. The van der Waals surface area contributed by atoms with E-state index >= 15 is 0 Å². The maximum absolute atomic E-state index is 12.1. The van der Waals surface area contributed by atoms with Gasteiger partial charge >= 0.3 is 0 Å². The molecule has 0 atom stereocenters. The van der Waals surface area contributed by atoms with Gasteiger partial charge in [0.05, 0.1) is 0 Å². The normalized spacial score (nSPS) is 10.7. The minimum Gasteiger partial charge on any atom is -0.399 e. The highest BCUT2D eigenvalue weighted by molar-refractivity contribution is 9.10. The van der Waals surface area contributed by atoms with Crippen molar-refractivity contribution in [3.05, 3.63) is 28.2 Å². The topological polar surface area (TPSA) is 43.1 Å². The molecule has 1 rings (SSSR count). The molecule has 0 aliphatic rings. The third-order valence-corrected chi connectivity index (χ3v) is 4.24. The van der Waals surface area contributed by atoms with Crippen molar-refractivity contribution in [1.82, 2.24) is 0 Å². The lowest BCUT2D eigenvalue weighted by Gasteiger charge is -2.05. The van der Waals surface area contributed by atoms with Crippen LogP contribution in [0.3, 0.4) is 0 Å². The van der Waals surface area contributed by atoms with Gasteiger partial charge in [-0.15, -0.1) is 0 Å². The highest BCUT2D eigenvalue weighted by atomic mass is 79.9. The second-order valence-corrected chi connectivity index (χ2v) is 6.24. The smallest absolute Gasteiger partial charge is 0.164 e. The molecule has 0 saturated heterocycles. The van der Waals surface area contributed by atoms with E-state index in [-0.39, 0.29) is 5.78 Å². The van der Waals surface area contributed by atoms with Gasteiger partial charge in [-0.3, -0.25) is 4.79 Å². The summed E-state index contributed by atoms with van der Waals surface area (Å²) in [4.78, 5) is 12.1. The average molecular weight is 340 g/mol. The number of hydrogen-bond donors (Lipinski definition) is 1. The predicted octanol–water partition coefficient (Wildman–Crippen LogP) is 5.74. The molecule has 0 saturated carbocycles. The summed E-state index contributed by atoms with van der Waals surface area (Å²) in [7, 11) is 0. The van der Waals surface area contributed by atoms with Gasteiger partial charge in [-0.25, -0.2) is 0 Å². The Balaban J connectivity index is 2.18. The summed E-state index contributed by atoms with van der Waals surface area (Å²) in [6, 6.07) is 5.41. The first-order chi connectivity index (χ1) is 9.65. The number of ketones is 1. The Kier molecular flexibility index (Phi) is 8.59. The first-order valence-electron chi connectivity index (χ1n) is 7.73. The molecular weight excluding hydrogens is 314 g/mol. The van der Waals surface area contributed by atoms with Crippen LogP contribution < -0.4 is 5.73 Å². The quantitative estimate of drug-likeness (QED) is 0.335. The maximum Gasteiger partial charge on any atom is 0.164 e. The lowest BCUT2D eigenvalue weighted by Crippen LogP contribution is -2.01. The largest absolute Gasteiger partial charge is 0.399 e. The van der Waals surface area contributed by atoms with Crippen LogP contribution in [-0.4, -0.2) is 5.78 Å². The fraction of sp³-hybridized carbons (Fsp3) is 0.588. The third-order valence-electron chi connectivity index (χ3n) is 3.55. The number of Topliss-reactive ketones (excluding diaryl/α,β-unsaturated/α-hetero) is 1. The summed E-state index contributed by atoms with van der Waals surface area (Å²) in [5.41, 5.74) is 7.09. The zero-order chi connectivity index (χ0) is 14.8. The molecule has 1 aromatic rings. The summed E-state index contributed by atoms with van der Waals surface area (Å²) >= 11 is 3.41. The van der Waals surface area contributed by atoms with Crippen molar-refractivity contribution >= 4 is 27.4 Å². The Morgan fingerprint density at radius 3 is 2.30 bits per heavy atom. The van der Waals surface area contributed by atoms with Crippen molar-refractivity contribution < 1.29 is 4.79 Å². The zero-order valence-electron chi connectivity index (χ0n) is 12.5. The van der Waals surface area contributed by atoms with Crippen LogP contribution in [0.2, 0.25) is 0 Å². The Bertz CT molecular complexity index is 417. The van der Waals surface area contributed by atoms with Crippen LogP contribution in [0.15, 0.2) is 22.7 Å². The first kappa shape index (κ1) is 17.2. The van der Waals surface area contributed by atoms with Crippen molar-refractivity contribution in [2.45, 2.75) is 64.7 Å². The standard InChI is InChI=1S/C17H26BrNO/c1-2-3-4-5-6-7-8-9-10-17(20)15-13-14(19)11-12-16(15)18/h11-13H,2-10,19H2,1H3. The maximum atomic E-state index is 12.1. The SMILES string of the molecule is CCCCCCCCCCC(=O)c1cc(N)ccc1Br. The minimum atomic E-state index is 0.190. The van der Waals surface area contributed by atoms with Gasteiger partial charge in [0, 0.05) is 22.1 Å². The molecule has 3 heteroatoms. The van der Waals surface area contributed by atoms with Crippen LogP contribution in [-0.2, 0) is 0 Å². The molecule has 112 valence electrons. The second-order valence-electron chi connectivity index (χ2n) is 5.39. The molecule has 0 amide bonds. The van der Waals surface area contributed by atoms with E-state index in [4.69, 9.17) is 5.73 Å². The van der Waals surface area contributed by atoms with Gasteiger partial charge in [0.15, 0.2) is 5.78 Å². The molecule has 0 spiro atoms. The van der Waals surface area contributed by atoms with Gasteiger partial charge in [-0.1, -0.05) is 67.8 Å². The van der Waals surface area contributed by atoms with E-state index < -0.39 is 0 Å². The molecule has 0 fully saturated rings. The first-order valence-corrected chi connectivity index (χ1v) is 8.52. The van der Waals surface area contributed by atoms with E-state index in [0.717, 1.165) is 17.3 Å². The Morgan fingerprint density at radius 2 is 1.65 bits per heavy atom. The van der Waals surface area contributed by atoms with Gasteiger partial charge in [0.25, 0.3) is 0 Å². The molecule has 0 bridgehead atoms. The van der Waals surface area contributed by atoms with Crippen molar-refractivity contribution in [2.24, 2.45) is 0 Å². The molecule has 1 aromatic carbocycles. The summed E-state index contributed by atoms with van der Waals surface area (Å²) in [5.74, 6) is 0.190. The van der Waals surface area contributed by atoms with Crippen LogP contribution >= 0.6 is 15.9 Å². The summed E-state index contributed by atoms with van der Waals surface area (Å²) < 4.78 is 0.844. The monoisotopic (exact) mass is 339 g/mol. The van der Waals surface area contributed by atoms with Gasteiger partial charge in [-0.2, -0.15) is 0 Å². The predicted molar refractivity (Wildman–Crippen MR) is 90.1 cm³/mol. The zero-order valence-corrected chi connectivity index (χ0v) is 14.0. The van der Waals surface area contributed by atoms with E-state index in [1.165, 1.54) is 38.5 Å². The molecule has 0 heterocycles. The lowest BCUT2D eigenvalue weighted by atomic mass is 10.0. The van der Waals surface area contributed by atoms with E-state index in [1.54, 1.807) is 12.1 Å². The van der Waals surface area contributed by atoms with Gasteiger partial charge < -0.3 is 5.73 Å². The lowest BCUT2D eigenvalue weighted by molar-refractivity contribution is 0.0978. The van der Waals surface area contributed by atoms with Gasteiger partial charge in [-0.05, 0) is 24.6 Å². The van der Waals surface area contributed by atoms with Gasteiger partial charge in [0.2, 0.25) is 0 Å². The van der Waals surface area contributed by atoms with Crippen LogP contribution in [0, 0.1) is 0 Å². The summed E-state index contributed by atoms with van der Waals surface area (Å²) in [5, 5.41) is 0. The number of rotatable bonds is 10. The molecule has 20 heavy (non-hydrogen) atoms. The Hall–Kier alpha value is -0.830. The minimum absolute atomic E-state index is 0.190. The summed E-state index contributed by atoms with van der Waals surface area (Å²) in [6.45, 7) is 2.24. The average Bonchev–Trinajstić information content (AvgIpc) is 2.44. The van der Waals surface area contributed by atoms with Crippen LogP contribution in [0.4, 0.5) is 5.69 Å². The van der Waals surface area contributed by atoms with Crippen molar-refractivity contribution in [1.29, 1.82) is 0 Å². The number of carbonyl (C=O) groups is 1. The third kappa shape index (κ3) is 6.56. The van der Waals surface area contributed by atoms with Crippen molar-refractivity contribution in [3.63, 3.8) is 0 Å². The number of carbonyl (C=O) groups excluding carboxylic acids is 1. The van der Waals surface area contributed by atoms with Crippen molar-refractivity contribution in [2.75, 3.05) is 5.73 Å². The van der Waals surface area contributed by atoms with E-state index in [9.17, 15) is 4.79 Å². The van der Waals surface area contributed by atoms with E-state index in [1.807, 2.05) is 6.07 Å². The molecule has 0 aliphatic carbocycles. The van der Waals surface area contributed by atoms with Crippen LogP contribution in [0.1, 0.15) is 75.1 Å². The fourth-order valence-electron chi connectivity index (χ4n) is 2.31. The van der Waals surface area contributed by atoms with E-state index in [2.05, 4.69) is 22.9 Å². The fourth-order valence-corrected chi connectivity index (χ4v) is 2.78. The van der Waals surface area contributed by atoms with Crippen LogP contribution in [0.5, 0.6) is 0 Å². The number of benzene rings is 1. The number of nitrogen functional groups attached to an aromatic ring is 1. The molecule has 0 aliphatic heterocycles.